The van der Waals surface area contributed by atoms with E-state index < -0.39 is 5.82 Å². The van der Waals surface area contributed by atoms with Crippen molar-refractivity contribution in [1.82, 2.24) is 9.97 Å². The summed E-state index contributed by atoms with van der Waals surface area (Å²) in [6.07, 6.45) is 2.94. The molecule has 3 nitrogen and oxygen atoms in total. The van der Waals surface area contributed by atoms with Crippen LogP contribution in [0.15, 0.2) is 30.6 Å². The maximum atomic E-state index is 13.4. The first-order valence-electron chi connectivity index (χ1n) is 4.52. The van der Waals surface area contributed by atoms with E-state index in [1.54, 1.807) is 6.07 Å². The van der Waals surface area contributed by atoms with Gasteiger partial charge in [-0.3, -0.25) is 4.98 Å². The first-order chi connectivity index (χ1) is 7.70. The number of methoxy groups -OCH3 is 1. The Bertz CT molecular complexity index is 519. The predicted molar refractivity (Wildman–Crippen MR) is 59.0 cm³/mol. The van der Waals surface area contributed by atoms with Crippen LogP contribution in [0.1, 0.15) is 0 Å². The van der Waals surface area contributed by atoms with Crippen LogP contribution in [0.3, 0.4) is 0 Å². The highest BCUT2D eigenvalue weighted by atomic mass is 35.5. The van der Waals surface area contributed by atoms with E-state index in [-0.39, 0.29) is 10.9 Å². The molecule has 0 aliphatic rings. The minimum atomic E-state index is -0.443. The van der Waals surface area contributed by atoms with Gasteiger partial charge < -0.3 is 4.74 Å². The largest absolute Gasteiger partial charge is 0.494 e. The maximum Gasteiger partial charge on any atom is 0.165 e. The molecule has 0 saturated carbocycles. The second-order valence-electron chi connectivity index (χ2n) is 3.08. The van der Waals surface area contributed by atoms with E-state index in [0.29, 0.717) is 11.3 Å². The van der Waals surface area contributed by atoms with Gasteiger partial charge in [0.2, 0.25) is 0 Å². The van der Waals surface area contributed by atoms with Crippen molar-refractivity contribution in [2.24, 2.45) is 0 Å². The molecule has 0 fully saturated rings. The number of hydrogen-bond acceptors (Lipinski definition) is 3. The smallest absolute Gasteiger partial charge is 0.165 e. The van der Waals surface area contributed by atoms with Gasteiger partial charge in [0, 0.05) is 5.56 Å². The number of nitrogens with zero attached hydrogens (tertiary/aromatic N) is 2. The molecule has 0 bridgehead atoms. The Morgan fingerprint density at radius 3 is 2.75 bits per heavy atom. The monoisotopic (exact) mass is 238 g/mol. The summed E-state index contributed by atoms with van der Waals surface area (Å²) >= 11 is 5.70. The lowest BCUT2D eigenvalue weighted by Crippen LogP contribution is -1.90. The zero-order valence-electron chi connectivity index (χ0n) is 8.45. The van der Waals surface area contributed by atoms with Crippen molar-refractivity contribution in [2.45, 2.75) is 0 Å². The van der Waals surface area contributed by atoms with Crippen LogP contribution in [0.4, 0.5) is 4.39 Å². The van der Waals surface area contributed by atoms with Crippen LogP contribution < -0.4 is 4.74 Å². The van der Waals surface area contributed by atoms with E-state index >= 15 is 0 Å². The second kappa shape index (κ2) is 4.45. The van der Waals surface area contributed by atoms with Gasteiger partial charge in [0.25, 0.3) is 0 Å². The van der Waals surface area contributed by atoms with Gasteiger partial charge in [-0.2, -0.15) is 0 Å². The number of aromatic nitrogens is 2. The van der Waals surface area contributed by atoms with Crippen molar-refractivity contribution in [3.8, 4) is 17.0 Å². The van der Waals surface area contributed by atoms with Crippen molar-refractivity contribution in [3.63, 3.8) is 0 Å². The fourth-order valence-electron chi connectivity index (χ4n) is 1.31. The van der Waals surface area contributed by atoms with Crippen LogP contribution in [0.5, 0.6) is 5.75 Å². The van der Waals surface area contributed by atoms with Crippen molar-refractivity contribution in [2.75, 3.05) is 7.11 Å². The Morgan fingerprint density at radius 2 is 2.12 bits per heavy atom. The molecule has 5 heteroatoms. The Labute approximate surface area is 96.9 Å². The van der Waals surface area contributed by atoms with Gasteiger partial charge in [-0.1, -0.05) is 11.6 Å². The fraction of sp³-hybridized carbons (Fsp3) is 0.0909. The minimum Gasteiger partial charge on any atom is -0.494 e. The van der Waals surface area contributed by atoms with Crippen molar-refractivity contribution >= 4 is 11.6 Å². The first-order valence-corrected chi connectivity index (χ1v) is 4.90. The summed E-state index contributed by atoms with van der Waals surface area (Å²) in [7, 11) is 1.41. The molecule has 2 aromatic rings. The van der Waals surface area contributed by atoms with Crippen molar-refractivity contribution in [1.29, 1.82) is 0 Å². The SMILES string of the molecule is COc1ccc(-c2cncc(Cl)n2)cc1F. The number of benzene rings is 1. The summed E-state index contributed by atoms with van der Waals surface area (Å²) in [5, 5.41) is 0.272. The first kappa shape index (κ1) is 10.8. The molecule has 0 atom stereocenters. The average Bonchev–Trinajstić information content (AvgIpc) is 2.29. The lowest BCUT2D eigenvalue weighted by Gasteiger charge is -2.04. The molecule has 0 amide bonds. The van der Waals surface area contributed by atoms with Gasteiger partial charge in [-0.05, 0) is 18.2 Å². The maximum absolute atomic E-state index is 13.4. The third-order valence-electron chi connectivity index (χ3n) is 2.05. The van der Waals surface area contributed by atoms with Crippen LogP contribution in [0.25, 0.3) is 11.3 Å². The van der Waals surface area contributed by atoms with Gasteiger partial charge in [-0.15, -0.1) is 0 Å². The van der Waals surface area contributed by atoms with Gasteiger partial charge >= 0.3 is 0 Å². The third kappa shape index (κ3) is 2.12. The lowest BCUT2D eigenvalue weighted by atomic mass is 10.1. The molecular formula is C11H8ClFN2O. The molecule has 0 radical (unpaired) electrons. The van der Waals surface area contributed by atoms with Crippen molar-refractivity contribution in [3.05, 3.63) is 41.6 Å². The molecule has 2 rings (SSSR count). The van der Waals surface area contributed by atoms with Crippen LogP contribution >= 0.6 is 11.6 Å². The van der Waals surface area contributed by atoms with Gasteiger partial charge in [0.05, 0.1) is 25.2 Å². The number of ether oxygens (including phenoxy) is 1. The standard InChI is InChI=1S/C11H8ClFN2O/c1-16-10-3-2-7(4-8(10)13)9-5-14-6-11(12)15-9/h2-6H,1H3. The molecule has 0 saturated heterocycles. The fourth-order valence-corrected chi connectivity index (χ4v) is 1.45. The Hall–Kier alpha value is -1.68. The second-order valence-corrected chi connectivity index (χ2v) is 3.46. The van der Waals surface area contributed by atoms with E-state index in [2.05, 4.69) is 9.97 Å². The predicted octanol–water partition coefficient (Wildman–Crippen LogP) is 2.94. The number of rotatable bonds is 2. The number of halogens is 2. The zero-order valence-corrected chi connectivity index (χ0v) is 9.20. The minimum absolute atomic E-state index is 0.193. The average molecular weight is 239 g/mol. The summed E-state index contributed by atoms with van der Waals surface area (Å²) in [5.74, 6) is -0.250. The van der Waals surface area contributed by atoms with Gasteiger partial charge in [-0.25, -0.2) is 9.37 Å². The molecule has 1 aromatic heterocycles. The molecule has 0 N–H and O–H groups in total. The lowest BCUT2D eigenvalue weighted by molar-refractivity contribution is 0.386. The van der Waals surface area contributed by atoms with E-state index in [9.17, 15) is 4.39 Å². The summed E-state index contributed by atoms with van der Waals surface area (Å²) in [6.45, 7) is 0. The third-order valence-corrected chi connectivity index (χ3v) is 2.23. The summed E-state index contributed by atoms with van der Waals surface area (Å²) in [4.78, 5) is 7.92. The summed E-state index contributed by atoms with van der Waals surface area (Å²) in [5.41, 5.74) is 1.13. The van der Waals surface area contributed by atoms with Crippen LogP contribution in [0.2, 0.25) is 5.15 Å². The van der Waals surface area contributed by atoms with Crippen molar-refractivity contribution < 1.29 is 9.13 Å². The number of hydrogen-bond donors (Lipinski definition) is 0. The van der Waals surface area contributed by atoms with Crippen LogP contribution in [0, 0.1) is 5.82 Å². The van der Waals surface area contributed by atoms with Gasteiger partial charge in [0.1, 0.15) is 5.15 Å². The molecule has 1 heterocycles. The zero-order chi connectivity index (χ0) is 11.5. The Kier molecular flexibility index (Phi) is 3.01. The molecule has 0 spiro atoms. The summed E-state index contributed by atoms with van der Waals surface area (Å²) in [6, 6.07) is 4.56. The summed E-state index contributed by atoms with van der Waals surface area (Å²) < 4.78 is 18.3. The van der Waals surface area contributed by atoms with E-state index in [0.717, 1.165) is 0 Å². The molecule has 82 valence electrons. The highest BCUT2D eigenvalue weighted by Gasteiger charge is 2.06. The molecular weight excluding hydrogens is 231 g/mol. The van der Waals surface area contributed by atoms with Crippen LogP contribution in [-0.4, -0.2) is 17.1 Å². The van der Waals surface area contributed by atoms with E-state index in [1.807, 2.05) is 0 Å². The molecule has 1 aromatic carbocycles. The van der Waals surface area contributed by atoms with Gasteiger partial charge in [0.15, 0.2) is 11.6 Å². The highest BCUT2D eigenvalue weighted by molar-refractivity contribution is 6.29. The van der Waals surface area contributed by atoms with E-state index in [1.165, 1.54) is 31.6 Å². The van der Waals surface area contributed by atoms with E-state index in [4.69, 9.17) is 16.3 Å². The van der Waals surface area contributed by atoms with Crippen LogP contribution in [-0.2, 0) is 0 Å². The molecule has 0 aliphatic heterocycles. The molecule has 0 unspecified atom stereocenters. The quantitative estimate of drug-likeness (QED) is 0.807. The topological polar surface area (TPSA) is 35.0 Å². The molecule has 0 aliphatic carbocycles. The normalized spacial score (nSPS) is 10.2. The Balaban J connectivity index is 2.45. The molecule has 16 heavy (non-hydrogen) atoms. The highest BCUT2D eigenvalue weighted by Crippen LogP contribution is 2.24. The Morgan fingerprint density at radius 1 is 1.31 bits per heavy atom.